The van der Waals surface area contributed by atoms with E-state index in [4.69, 9.17) is 13.9 Å². The van der Waals surface area contributed by atoms with Crippen LogP contribution in [-0.2, 0) is 6.54 Å². The molecule has 5 rings (SSSR count). The Labute approximate surface area is 198 Å². The first-order valence-electron chi connectivity index (χ1n) is 11.3. The summed E-state index contributed by atoms with van der Waals surface area (Å²) < 4.78 is 18.4. The number of nitrogens with zero attached hydrogens (tertiary/aromatic N) is 6. The molecule has 1 aliphatic heterocycles. The molecule has 9 heteroatoms. The highest BCUT2D eigenvalue weighted by Gasteiger charge is 2.32. The van der Waals surface area contributed by atoms with Crippen LogP contribution in [0.4, 0.5) is 5.69 Å². The summed E-state index contributed by atoms with van der Waals surface area (Å²) in [5, 5.41) is 12.7. The van der Waals surface area contributed by atoms with Crippen LogP contribution in [0.2, 0.25) is 0 Å². The Hall–Kier alpha value is -3.85. The average molecular weight is 461 g/mol. The molecule has 0 amide bonds. The smallest absolute Gasteiger partial charge is 0.173 e. The molecule has 0 unspecified atom stereocenters. The largest absolute Gasteiger partial charge is 0.497 e. The molecule has 0 spiro atoms. The molecule has 2 aromatic carbocycles. The van der Waals surface area contributed by atoms with Gasteiger partial charge in [-0.3, -0.25) is 4.90 Å². The predicted octanol–water partition coefficient (Wildman–Crippen LogP) is 3.24. The summed E-state index contributed by atoms with van der Waals surface area (Å²) in [5.41, 5.74) is 2.23. The number of para-hydroxylation sites is 1. The number of aromatic nitrogens is 4. The zero-order valence-corrected chi connectivity index (χ0v) is 19.4. The molecule has 4 aromatic rings. The van der Waals surface area contributed by atoms with E-state index in [9.17, 15) is 0 Å². The van der Waals surface area contributed by atoms with Gasteiger partial charge in [0.15, 0.2) is 5.82 Å². The normalized spacial score (nSPS) is 15.3. The van der Waals surface area contributed by atoms with E-state index in [1.54, 1.807) is 20.5 Å². The Morgan fingerprint density at radius 1 is 0.912 bits per heavy atom. The lowest BCUT2D eigenvalue weighted by Crippen LogP contribution is -2.48. The molecule has 9 nitrogen and oxygen atoms in total. The zero-order valence-electron chi connectivity index (χ0n) is 19.4. The Morgan fingerprint density at radius 3 is 2.41 bits per heavy atom. The Bertz CT molecular complexity index is 1180. The number of hydrogen-bond donors (Lipinski definition) is 0. The summed E-state index contributed by atoms with van der Waals surface area (Å²) in [6.07, 6.45) is 1.66. The van der Waals surface area contributed by atoms with E-state index >= 15 is 0 Å². The van der Waals surface area contributed by atoms with Crippen LogP contribution < -0.4 is 14.4 Å². The summed E-state index contributed by atoms with van der Waals surface area (Å²) in [4.78, 5) is 4.81. The number of benzene rings is 2. The lowest BCUT2D eigenvalue weighted by Gasteiger charge is -2.40. The van der Waals surface area contributed by atoms with Gasteiger partial charge in [0.25, 0.3) is 0 Å². The van der Waals surface area contributed by atoms with Crippen LogP contribution in [0.25, 0.3) is 0 Å². The molecule has 3 heterocycles. The maximum atomic E-state index is 5.73. The van der Waals surface area contributed by atoms with Gasteiger partial charge in [-0.1, -0.05) is 18.2 Å². The number of piperazine rings is 1. The van der Waals surface area contributed by atoms with E-state index in [1.807, 2.05) is 47.1 Å². The number of anilines is 1. The fraction of sp³-hybridized carbons (Fsp3) is 0.320. The third-order valence-corrected chi connectivity index (χ3v) is 6.24. The summed E-state index contributed by atoms with van der Waals surface area (Å²) in [7, 11) is 3.38. The van der Waals surface area contributed by atoms with Crippen LogP contribution in [0.15, 0.2) is 71.3 Å². The van der Waals surface area contributed by atoms with E-state index in [1.165, 1.54) is 5.69 Å². The van der Waals surface area contributed by atoms with Gasteiger partial charge < -0.3 is 18.8 Å². The monoisotopic (exact) mass is 460 g/mol. The van der Waals surface area contributed by atoms with Gasteiger partial charge in [0, 0.05) is 37.4 Å². The molecule has 0 aliphatic carbocycles. The van der Waals surface area contributed by atoms with Crippen molar-refractivity contribution in [3.8, 4) is 11.5 Å². The summed E-state index contributed by atoms with van der Waals surface area (Å²) >= 11 is 0. The Kier molecular flexibility index (Phi) is 6.44. The van der Waals surface area contributed by atoms with Crippen molar-refractivity contribution in [2.45, 2.75) is 12.6 Å². The second-order valence-corrected chi connectivity index (χ2v) is 8.14. The van der Waals surface area contributed by atoms with Gasteiger partial charge in [-0.2, -0.15) is 0 Å². The van der Waals surface area contributed by atoms with Crippen LogP contribution in [-0.4, -0.2) is 65.5 Å². The van der Waals surface area contributed by atoms with E-state index in [-0.39, 0.29) is 6.04 Å². The van der Waals surface area contributed by atoms with Crippen LogP contribution >= 0.6 is 0 Å². The van der Waals surface area contributed by atoms with Crippen molar-refractivity contribution >= 4 is 5.69 Å². The van der Waals surface area contributed by atoms with Gasteiger partial charge in [-0.25, -0.2) is 4.68 Å². The highest BCUT2D eigenvalue weighted by atomic mass is 16.5. The van der Waals surface area contributed by atoms with Gasteiger partial charge in [0.05, 0.1) is 20.5 Å². The lowest BCUT2D eigenvalue weighted by molar-refractivity contribution is 0.197. The number of tetrazole rings is 1. The second-order valence-electron chi connectivity index (χ2n) is 8.14. The highest BCUT2D eigenvalue weighted by Crippen LogP contribution is 2.35. The van der Waals surface area contributed by atoms with Crippen LogP contribution in [0.5, 0.6) is 11.5 Å². The topological polar surface area (TPSA) is 81.7 Å². The van der Waals surface area contributed by atoms with Crippen molar-refractivity contribution in [2.24, 2.45) is 0 Å². The first-order chi connectivity index (χ1) is 16.8. The number of furan rings is 1. The van der Waals surface area contributed by atoms with Crippen molar-refractivity contribution in [1.29, 1.82) is 0 Å². The van der Waals surface area contributed by atoms with Crippen molar-refractivity contribution < 1.29 is 13.9 Å². The Morgan fingerprint density at radius 2 is 1.71 bits per heavy atom. The van der Waals surface area contributed by atoms with E-state index in [2.05, 4.69) is 43.5 Å². The summed E-state index contributed by atoms with van der Waals surface area (Å²) in [6.45, 7) is 3.94. The molecule has 176 valence electrons. The Balaban J connectivity index is 1.43. The highest BCUT2D eigenvalue weighted by molar-refractivity contribution is 5.49. The van der Waals surface area contributed by atoms with Crippen LogP contribution in [0.3, 0.4) is 0 Å². The molecule has 0 radical (unpaired) electrons. The maximum Gasteiger partial charge on any atom is 0.173 e. The quantitative estimate of drug-likeness (QED) is 0.396. The van der Waals surface area contributed by atoms with Gasteiger partial charge in [-0.15, -0.1) is 5.10 Å². The fourth-order valence-corrected chi connectivity index (χ4v) is 4.49. The SMILES string of the molecule is COc1ccc(N2CCN([C@@H](c3ccccc3OC)c3nnnn3Cc3ccco3)CC2)cc1. The first-order valence-corrected chi connectivity index (χ1v) is 11.3. The molecular formula is C25H28N6O3. The molecule has 1 saturated heterocycles. The molecule has 34 heavy (non-hydrogen) atoms. The molecule has 1 aliphatic rings. The predicted molar refractivity (Wildman–Crippen MR) is 127 cm³/mol. The van der Waals surface area contributed by atoms with E-state index in [0.717, 1.165) is 54.8 Å². The standard InChI is InChI=1S/C25H28N6O3/c1-32-20-11-9-19(10-12-20)29-13-15-30(16-14-29)24(22-7-3-4-8-23(22)33-2)25-26-27-28-31(25)18-21-6-5-17-34-21/h3-12,17,24H,13-16,18H2,1-2H3/t24-/m0/s1. The van der Waals surface area contributed by atoms with Gasteiger partial charge in [0.1, 0.15) is 29.8 Å². The van der Waals surface area contributed by atoms with E-state index < -0.39 is 0 Å². The minimum absolute atomic E-state index is 0.154. The first kappa shape index (κ1) is 22.0. The lowest BCUT2D eigenvalue weighted by atomic mass is 10.0. The van der Waals surface area contributed by atoms with Crippen LogP contribution in [0.1, 0.15) is 23.2 Å². The third-order valence-electron chi connectivity index (χ3n) is 6.24. The molecule has 0 bridgehead atoms. The molecule has 1 atom stereocenters. The minimum atomic E-state index is -0.154. The molecule has 1 fully saturated rings. The van der Waals surface area contributed by atoms with E-state index in [0.29, 0.717) is 6.54 Å². The van der Waals surface area contributed by atoms with Crippen LogP contribution in [0, 0.1) is 0 Å². The maximum absolute atomic E-state index is 5.73. The summed E-state index contributed by atoms with van der Waals surface area (Å²) in [6, 6.07) is 19.9. The molecule has 0 saturated carbocycles. The summed E-state index contributed by atoms with van der Waals surface area (Å²) in [5.74, 6) is 3.25. The second kappa shape index (κ2) is 9.96. The van der Waals surface area contributed by atoms with Gasteiger partial charge in [0.2, 0.25) is 0 Å². The minimum Gasteiger partial charge on any atom is -0.497 e. The fourth-order valence-electron chi connectivity index (χ4n) is 4.49. The third kappa shape index (κ3) is 4.47. The zero-order chi connectivity index (χ0) is 23.3. The van der Waals surface area contributed by atoms with Crippen molar-refractivity contribution in [1.82, 2.24) is 25.1 Å². The molecule has 2 aromatic heterocycles. The number of hydrogen-bond acceptors (Lipinski definition) is 8. The van der Waals surface area contributed by atoms with Crippen molar-refractivity contribution in [3.63, 3.8) is 0 Å². The molecular weight excluding hydrogens is 432 g/mol. The number of rotatable bonds is 8. The van der Waals surface area contributed by atoms with Gasteiger partial charge >= 0.3 is 0 Å². The molecule has 0 N–H and O–H groups in total. The average Bonchev–Trinajstić information content (AvgIpc) is 3.58. The van der Waals surface area contributed by atoms with Crippen molar-refractivity contribution in [3.05, 3.63) is 84.1 Å². The number of methoxy groups -OCH3 is 2. The van der Waals surface area contributed by atoms with Gasteiger partial charge in [-0.05, 0) is 52.9 Å². The van der Waals surface area contributed by atoms with Crippen molar-refractivity contribution in [2.75, 3.05) is 45.3 Å². The number of ether oxygens (including phenoxy) is 2.